The average molecular weight is 222 g/mol. The summed E-state index contributed by atoms with van der Waals surface area (Å²) in [6.07, 6.45) is -1.76. The summed E-state index contributed by atoms with van der Waals surface area (Å²) in [7, 11) is 0. The van der Waals surface area contributed by atoms with E-state index in [4.69, 9.17) is 5.41 Å². The quantitative estimate of drug-likeness (QED) is 0.716. The van der Waals surface area contributed by atoms with E-state index in [2.05, 4.69) is 10.1 Å². The second-order valence-electron chi connectivity index (χ2n) is 3.55. The Morgan fingerprint density at radius 2 is 2.07 bits per heavy atom. The molecule has 1 aliphatic rings. The maximum absolute atomic E-state index is 11.7. The summed E-state index contributed by atoms with van der Waals surface area (Å²) in [5.41, 5.74) is 0.732. The molecule has 3 nitrogen and oxygen atoms in total. The monoisotopic (exact) mass is 222 g/mol. The van der Waals surface area contributed by atoms with Crippen molar-refractivity contribution < 1.29 is 17.9 Å². The molecule has 1 rings (SSSR count). The van der Waals surface area contributed by atoms with Crippen LogP contribution in [0, 0.1) is 5.41 Å². The lowest BCUT2D eigenvalue weighted by Gasteiger charge is -2.35. The Labute approximate surface area is 85.8 Å². The largest absolute Gasteiger partial charge is 0.522 e. The highest BCUT2D eigenvalue weighted by molar-refractivity contribution is 5.74. The molecule has 0 bridgehead atoms. The molecule has 0 heterocycles. The Morgan fingerprint density at radius 3 is 2.53 bits per heavy atom. The van der Waals surface area contributed by atoms with Crippen molar-refractivity contribution in [2.45, 2.75) is 38.3 Å². The second-order valence-corrected chi connectivity index (χ2v) is 3.55. The van der Waals surface area contributed by atoms with Gasteiger partial charge in [-0.1, -0.05) is 0 Å². The third-order valence-corrected chi connectivity index (χ3v) is 2.17. The van der Waals surface area contributed by atoms with Gasteiger partial charge in [-0.05, 0) is 25.3 Å². The maximum Gasteiger partial charge on any atom is 0.522 e. The summed E-state index contributed by atoms with van der Waals surface area (Å²) >= 11 is 0. The molecule has 0 spiro atoms. The van der Waals surface area contributed by atoms with Gasteiger partial charge in [0.1, 0.15) is 0 Å². The van der Waals surface area contributed by atoms with Crippen LogP contribution in [0.1, 0.15) is 19.8 Å². The van der Waals surface area contributed by atoms with Crippen molar-refractivity contribution in [2.75, 3.05) is 0 Å². The van der Waals surface area contributed by atoms with E-state index >= 15 is 0 Å². The average Bonchev–Trinajstić information content (AvgIpc) is 2.06. The van der Waals surface area contributed by atoms with Gasteiger partial charge < -0.3 is 10.7 Å². The van der Waals surface area contributed by atoms with Gasteiger partial charge in [0, 0.05) is 18.5 Å². The van der Waals surface area contributed by atoms with Gasteiger partial charge in [-0.15, -0.1) is 13.2 Å². The predicted molar refractivity (Wildman–Crippen MR) is 49.6 cm³/mol. The lowest BCUT2D eigenvalue weighted by atomic mass is 9.89. The van der Waals surface area contributed by atoms with Gasteiger partial charge in [0.2, 0.25) is 0 Å². The molecular weight excluding hydrogens is 209 g/mol. The molecule has 0 radical (unpaired) electrons. The first kappa shape index (κ1) is 12.0. The second kappa shape index (κ2) is 4.65. The minimum absolute atomic E-state index is 0.0206. The minimum Gasteiger partial charge on any atom is -0.388 e. The van der Waals surface area contributed by atoms with Gasteiger partial charge in [0.05, 0.1) is 6.10 Å². The van der Waals surface area contributed by atoms with Gasteiger partial charge in [0.15, 0.2) is 0 Å². The molecule has 0 amide bonds. The zero-order chi connectivity index (χ0) is 11.5. The van der Waals surface area contributed by atoms with Gasteiger partial charge in [-0.3, -0.25) is 4.74 Å². The van der Waals surface area contributed by atoms with Crippen LogP contribution in [0.2, 0.25) is 0 Å². The van der Waals surface area contributed by atoms with Crippen LogP contribution in [0.4, 0.5) is 13.2 Å². The van der Waals surface area contributed by atoms with Crippen molar-refractivity contribution in [3.63, 3.8) is 0 Å². The maximum atomic E-state index is 11.7. The smallest absolute Gasteiger partial charge is 0.388 e. The SMILES string of the molecule is C/C(C=N)=C/NC1CC(OC(F)(F)F)C1. The van der Waals surface area contributed by atoms with E-state index in [-0.39, 0.29) is 6.04 Å². The van der Waals surface area contributed by atoms with Crippen LogP contribution < -0.4 is 5.32 Å². The van der Waals surface area contributed by atoms with Crippen molar-refractivity contribution in [3.8, 4) is 0 Å². The zero-order valence-electron chi connectivity index (χ0n) is 8.27. The number of alkyl halides is 3. The lowest BCUT2D eigenvalue weighted by molar-refractivity contribution is -0.351. The third-order valence-electron chi connectivity index (χ3n) is 2.17. The molecule has 0 aromatic heterocycles. The lowest BCUT2D eigenvalue weighted by Crippen LogP contribution is -2.45. The first-order valence-electron chi connectivity index (χ1n) is 4.58. The van der Waals surface area contributed by atoms with E-state index in [1.807, 2.05) is 0 Å². The summed E-state index contributed by atoms with van der Waals surface area (Å²) in [6.45, 7) is 1.74. The Balaban J connectivity index is 2.18. The third kappa shape index (κ3) is 4.33. The van der Waals surface area contributed by atoms with Gasteiger partial charge >= 0.3 is 6.36 Å². The van der Waals surface area contributed by atoms with E-state index < -0.39 is 12.5 Å². The van der Waals surface area contributed by atoms with E-state index in [9.17, 15) is 13.2 Å². The number of hydrogen-bond acceptors (Lipinski definition) is 3. The predicted octanol–water partition coefficient (Wildman–Crippen LogP) is 2.20. The Kier molecular flexibility index (Phi) is 3.73. The fraction of sp³-hybridized carbons (Fsp3) is 0.667. The van der Waals surface area contributed by atoms with Gasteiger partial charge in [-0.2, -0.15) is 0 Å². The van der Waals surface area contributed by atoms with Crippen molar-refractivity contribution in [1.82, 2.24) is 5.32 Å². The van der Waals surface area contributed by atoms with Gasteiger partial charge in [-0.25, -0.2) is 0 Å². The molecule has 0 saturated heterocycles. The normalized spacial score (nSPS) is 27.1. The highest BCUT2D eigenvalue weighted by Crippen LogP contribution is 2.30. The van der Waals surface area contributed by atoms with Crippen molar-refractivity contribution in [2.24, 2.45) is 0 Å². The van der Waals surface area contributed by atoms with E-state index in [1.54, 1.807) is 13.1 Å². The highest BCUT2D eigenvalue weighted by atomic mass is 19.4. The molecule has 0 aliphatic heterocycles. The topological polar surface area (TPSA) is 45.1 Å². The molecule has 2 N–H and O–H groups in total. The molecule has 6 heteroatoms. The first-order valence-corrected chi connectivity index (χ1v) is 4.58. The molecular formula is C9H13F3N2O. The molecule has 86 valence electrons. The number of allylic oxidation sites excluding steroid dienone is 1. The highest BCUT2D eigenvalue weighted by Gasteiger charge is 2.39. The number of nitrogens with one attached hydrogen (secondary N) is 2. The van der Waals surface area contributed by atoms with Crippen LogP contribution in [0.5, 0.6) is 0 Å². The Hall–Kier alpha value is -1.04. The van der Waals surface area contributed by atoms with Crippen LogP contribution >= 0.6 is 0 Å². The first-order chi connectivity index (χ1) is 6.90. The Bertz CT molecular complexity index is 257. The summed E-state index contributed by atoms with van der Waals surface area (Å²) < 4.78 is 39.0. The standard InChI is InChI=1S/C9H13F3N2O/c1-6(4-13)5-14-7-2-8(3-7)15-9(10,11)12/h4-5,7-8,13-14H,2-3H2,1H3/b6-5-,13-4?. The van der Waals surface area contributed by atoms with Gasteiger partial charge in [0.25, 0.3) is 0 Å². The number of ether oxygens (including phenoxy) is 1. The molecule has 15 heavy (non-hydrogen) atoms. The summed E-state index contributed by atoms with van der Waals surface area (Å²) in [5.74, 6) is 0. The number of rotatable bonds is 4. The summed E-state index contributed by atoms with van der Waals surface area (Å²) in [4.78, 5) is 0. The van der Waals surface area contributed by atoms with Crippen LogP contribution in [0.3, 0.4) is 0 Å². The van der Waals surface area contributed by atoms with E-state index in [0.29, 0.717) is 12.8 Å². The molecule has 0 aromatic carbocycles. The summed E-state index contributed by atoms with van der Waals surface area (Å²) in [6, 6.07) is 0.0206. The molecule has 0 atom stereocenters. The Morgan fingerprint density at radius 1 is 1.47 bits per heavy atom. The number of hydrogen-bond donors (Lipinski definition) is 2. The molecule has 1 saturated carbocycles. The molecule has 1 fully saturated rings. The fourth-order valence-electron chi connectivity index (χ4n) is 1.28. The van der Waals surface area contributed by atoms with E-state index in [1.165, 1.54) is 6.21 Å². The molecule has 0 unspecified atom stereocenters. The van der Waals surface area contributed by atoms with E-state index in [0.717, 1.165) is 5.57 Å². The minimum atomic E-state index is -4.53. The molecule has 0 aromatic rings. The van der Waals surface area contributed by atoms with Crippen molar-refractivity contribution >= 4 is 6.21 Å². The van der Waals surface area contributed by atoms with Crippen LogP contribution in [0.15, 0.2) is 11.8 Å². The fourth-order valence-corrected chi connectivity index (χ4v) is 1.28. The van der Waals surface area contributed by atoms with Crippen molar-refractivity contribution in [3.05, 3.63) is 11.8 Å². The zero-order valence-corrected chi connectivity index (χ0v) is 8.27. The van der Waals surface area contributed by atoms with Crippen molar-refractivity contribution in [1.29, 1.82) is 5.41 Å². The van der Waals surface area contributed by atoms with Crippen LogP contribution in [-0.4, -0.2) is 24.7 Å². The van der Waals surface area contributed by atoms with Crippen LogP contribution in [0.25, 0.3) is 0 Å². The van der Waals surface area contributed by atoms with Crippen LogP contribution in [-0.2, 0) is 4.74 Å². The molecule has 1 aliphatic carbocycles. The number of halogens is 3. The summed E-state index contributed by atoms with van der Waals surface area (Å²) in [5, 5.41) is 9.80.